The van der Waals surface area contributed by atoms with Crippen LogP contribution in [0.2, 0.25) is 0 Å². The molecule has 0 aliphatic carbocycles. The molecule has 24 heavy (non-hydrogen) atoms. The third-order valence-corrected chi connectivity index (χ3v) is 5.93. The molecule has 0 amide bonds. The van der Waals surface area contributed by atoms with Crippen molar-refractivity contribution in [3.63, 3.8) is 0 Å². The lowest BCUT2D eigenvalue weighted by molar-refractivity contribution is 0.0410. The molecule has 5 nitrogen and oxygen atoms in total. The lowest BCUT2D eigenvalue weighted by Gasteiger charge is -2.26. The van der Waals surface area contributed by atoms with Gasteiger partial charge in [0.1, 0.15) is 0 Å². The molecule has 7 heteroatoms. The van der Waals surface area contributed by atoms with Gasteiger partial charge in [-0.05, 0) is 24.6 Å². The van der Waals surface area contributed by atoms with Crippen molar-refractivity contribution in [2.75, 3.05) is 38.6 Å². The molecule has 3 heterocycles. The van der Waals surface area contributed by atoms with Gasteiger partial charge < -0.3 is 4.74 Å². The van der Waals surface area contributed by atoms with E-state index in [1.165, 1.54) is 10.5 Å². The predicted molar refractivity (Wildman–Crippen MR) is 98.6 cm³/mol. The second-order valence-electron chi connectivity index (χ2n) is 5.50. The molecule has 0 saturated carbocycles. The van der Waals surface area contributed by atoms with E-state index in [9.17, 15) is 0 Å². The highest BCUT2D eigenvalue weighted by atomic mass is 32.2. The Bertz CT molecular complexity index is 636. The lowest BCUT2D eigenvalue weighted by atomic mass is 10.2. The minimum Gasteiger partial charge on any atom is -0.379 e. The molecule has 0 N–H and O–H groups in total. The molecule has 2 aromatic heterocycles. The van der Waals surface area contributed by atoms with E-state index < -0.39 is 0 Å². The van der Waals surface area contributed by atoms with Gasteiger partial charge in [-0.3, -0.25) is 9.88 Å². The van der Waals surface area contributed by atoms with Crippen LogP contribution in [0.3, 0.4) is 0 Å². The summed E-state index contributed by atoms with van der Waals surface area (Å²) in [7, 11) is 0. The maximum atomic E-state index is 5.39. The van der Waals surface area contributed by atoms with Gasteiger partial charge in [-0.15, -0.1) is 11.8 Å². The molecule has 0 aromatic carbocycles. The van der Waals surface area contributed by atoms with Crippen LogP contribution in [-0.2, 0) is 10.5 Å². The Balaban J connectivity index is 1.52. The molecular formula is C17H22N4OS2. The van der Waals surface area contributed by atoms with E-state index in [0.29, 0.717) is 0 Å². The number of pyridine rings is 1. The van der Waals surface area contributed by atoms with Gasteiger partial charge in [0.05, 0.1) is 18.9 Å². The number of aromatic nitrogens is 3. The van der Waals surface area contributed by atoms with Gasteiger partial charge in [0, 0.05) is 54.6 Å². The molecule has 1 saturated heterocycles. The molecule has 1 aliphatic heterocycles. The molecule has 0 radical (unpaired) electrons. The first kappa shape index (κ1) is 17.7. The zero-order chi connectivity index (χ0) is 16.6. The maximum absolute atomic E-state index is 5.39. The fraction of sp³-hybridized carbons (Fsp3) is 0.471. The van der Waals surface area contributed by atoms with Gasteiger partial charge in [-0.1, -0.05) is 11.8 Å². The fourth-order valence-corrected chi connectivity index (χ4v) is 4.35. The van der Waals surface area contributed by atoms with Crippen molar-refractivity contribution < 1.29 is 4.74 Å². The number of thioether (sulfide) groups is 2. The summed E-state index contributed by atoms with van der Waals surface area (Å²) in [5.41, 5.74) is 2.39. The minimum atomic E-state index is 0.795. The molecule has 1 aliphatic rings. The van der Waals surface area contributed by atoms with E-state index in [4.69, 9.17) is 4.74 Å². The van der Waals surface area contributed by atoms with E-state index in [1.807, 2.05) is 24.0 Å². The summed E-state index contributed by atoms with van der Waals surface area (Å²) in [4.78, 5) is 16.8. The van der Waals surface area contributed by atoms with Crippen LogP contribution in [0, 0.1) is 6.92 Å². The molecule has 0 spiro atoms. The van der Waals surface area contributed by atoms with Crippen LogP contribution in [0.5, 0.6) is 0 Å². The van der Waals surface area contributed by atoms with E-state index in [-0.39, 0.29) is 0 Å². The number of rotatable bonds is 7. The van der Waals surface area contributed by atoms with E-state index >= 15 is 0 Å². The largest absolute Gasteiger partial charge is 0.379 e. The Morgan fingerprint density at radius 2 is 1.88 bits per heavy atom. The number of hydrogen-bond acceptors (Lipinski definition) is 7. The van der Waals surface area contributed by atoms with E-state index in [1.54, 1.807) is 24.2 Å². The van der Waals surface area contributed by atoms with Crippen molar-refractivity contribution in [2.45, 2.75) is 22.7 Å². The Hall–Kier alpha value is -1.15. The summed E-state index contributed by atoms with van der Waals surface area (Å²) in [5.74, 6) is 1.90. The summed E-state index contributed by atoms with van der Waals surface area (Å²) >= 11 is 3.54. The van der Waals surface area contributed by atoms with Crippen molar-refractivity contribution in [1.82, 2.24) is 19.9 Å². The summed E-state index contributed by atoms with van der Waals surface area (Å²) in [6.45, 7) is 7.09. The molecule has 128 valence electrons. The van der Waals surface area contributed by atoms with Crippen molar-refractivity contribution in [3.8, 4) is 0 Å². The number of nitrogens with zero attached hydrogens (tertiary/aromatic N) is 4. The van der Waals surface area contributed by atoms with E-state index in [0.717, 1.165) is 55.2 Å². The topological polar surface area (TPSA) is 51.1 Å². The average molecular weight is 363 g/mol. The second kappa shape index (κ2) is 9.36. The third kappa shape index (κ3) is 5.17. The first-order valence-electron chi connectivity index (χ1n) is 8.10. The molecule has 0 atom stereocenters. The van der Waals surface area contributed by atoms with Gasteiger partial charge in [0.15, 0.2) is 5.16 Å². The SMILES string of the molecule is Cc1c(SCCN2CCOCC2)ccnc1CSc1ncccn1. The Morgan fingerprint density at radius 3 is 2.67 bits per heavy atom. The average Bonchev–Trinajstić information content (AvgIpc) is 2.64. The van der Waals surface area contributed by atoms with Crippen LogP contribution in [0.1, 0.15) is 11.3 Å². The highest BCUT2D eigenvalue weighted by Crippen LogP contribution is 2.27. The Kier molecular flexibility index (Phi) is 6.89. The zero-order valence-corrected chi connectivity index (χ0v) is 15.5. The van der Waals surface area contributed by atoms with Crippen molar-refractivity contribution in [2.24, 2.45) is 0 Å². The van der Waals surface area contributed by atoms with Crippen LogP contribution in [-0.4, -0.2) is 58.5 Å². The van der Waals surface area contributed by atoms with Crippen LogP contribution in [0.25, 0.3) is 0 Å². The van der Waals surface area contributed by atoms with Gasteiger partial charge >= 0.3 is 0 Å². The summed E-state index contributed by atoms with van der Waals surface area (Å²) < 4.78 is 5.39. The van der Waals surface area contributed by atoms with Gasteiger partial charge in [-0.25, -0.2) is 9.97 Å². The lowest BCUT2D eigenvalue weighted by Crippen LogP contribution is -2.37. The first-order valence-corrected chi connectivity index (χ1v) is 10.1. The zero-order valence-electron chi connectivity index (χ0n) is 13.9. The van der Waals surface area contributed by atoms with Crippen LogP contribution < -0.4 is 0 Å². The standard InChI is InChI=1S/C17H22N4OS2/c1-14-15(13-24-17-19-4-2-5-20-17)18-6-3-16(14)23-12-9-21-7-10-22-11-8-21/h2-6H,7-13H2,1H3. The summed E-state index contributed by atoms with van der Waals surface area (Å²) in [5, 5.41) is 0.795. The molecule has 3 rings (SSSR count). The number of hydrogen-bond donors (Lipinski definition) is 0. The first-order chi connectivity index (χ1) is 11.8. The quantitative estimate of drug-likeness (QED) is 0.554. The Morgan fingerprint density at radius 1 is 1.08 bits per heavy atom. The smallest absolute Gasteiger partial charge is 0.187 e. The van der Waals surface area contributed by atoms with Gasteiger partial charge in [0.25, 0.3) is 0 Å². The predicted octanol–water partition coefficient (Wildman–Crippen LogP) is 2.90. The molecule has 2 aromatic rings. The summed E-state index contributed by atoms with van der Waals surface area (Å²) in [6.07, 6.45) is 5.45. The molecule has 0 bridgehead atoms. The number of morpholine rings is 1. The highest BCUT2D eigenvalue weighted by Gasteiger charge is 2.11. The third-order valence-electron chi connectivity index (χ3n) is 3.91. The van der Waals surface area contributed by atoms with Gasteiger partial charge in [-0.2, -0.15) is 0 Å². The Labute approximate surface area is 151 Å². The fourth-order valence-electron chi connectivity index (χ4n) is 2.46. The molecule has 0 unspecified atom stereocenters. The second-order valence-corrected chi connectivity index (χ2v) is 7.58. The van der Waals surface area contributed by atoms with Gasteiger partial charge in [0.2, 0.25) is 0 Å². The van der Waals surface area contributed by atoms with E-state index in [2.05, 4.69) is 32.8 Å². The van der Waals surface area contributed by atoms with Crippen LogP contribution >= 0.6 is 23.5 Å². The molecule has 1 fully saturated rings. The van der Waals surface area contributed by atoms with Crippen molar-refractivity contribution in [1.29, 1.82) is 0 Å². The number of ether oxygens (including phenoxy) is 1. The minimum absolute atomic E-state index is 0.795. The van der Waals surface area contributed by atoms with Crippen molar-refractivity contribution in [3.05, 3.63) is 42.0 Å². The maximum Gasteiger partial charge on any atom is 0.187 e. The monoisotopic (exact) mass is 362 g/mol. The normalized spacial score (nSPS) is 15.5. The summed E-state index contributed by atoms with van der Waals surface area (Å²) in [6, 6.07) is 3.95. The molecular weight excluding hydrogens is 340 g/mol. The van der Waals surface area contributed by atoms with Crippen LogP contribution in [0.15, 0.2) is 40.8 Å². The van der Waals surface area contributed by atoms with Crippen LogP contribution in [0.4, 0.5) is 0 Å². The van der Waals surface area contributed by atoms with Crippen molar-refractivity contribution >= 4 is 23.5 Å². The highest BCUT2D eigenvalue weighted by molar-refractivity contribution is 7.99.